The van der Waals surface area contributed by atoms with Crippen molar-refractivity contribution in [3.8, 4) is 0 Å². The quantitative estimate of drug-likeness (QED) is 0.644. The lowest BCUT2D eigenvalue weighted by Gasteiger charge is -2.37. The SMILES string of the molecule is COC(=O)c1sccc1S(=O)(=O)N1CCC(N2C(=O)OCC2CC(C)C)CC1. The van der Waals surface area contributed by atoms with Crippen molar-refractivity contribution in [3.63, 3.8) is 0 Å². The van der Waals surface area contributed by atoms with E-state index < -0.39 is 16.0 Å². The van der Waals surface area contributed by atoms with E-state index in [1.807, 2.05) is 0 Å². The number of carbonyl (C=O) groups is 2. The van der Waals surface area contributed by atoms with Crippen LogP contribution in [-0.4, -0.2) is 68.6 Å². The Labute approximate surface area is 169 Å². The molecule has 1 atom stereocenters. The van der Waals surface area contributed by atoms with Gasteiger partial charge in [0.15, 0.2) is 0 Å². The molecule has 2 saturated heterocycles. The zero-order valence-corrected chi connectivity index (χ0v) is 17.9. The van der Waals surface area contributed by atoms with Crippen molar-refractivity contribution in [2.75, 3.05) is 26.8 Å². The molecule has 0 aromatic carbocycles. The molecule has 0 aliphatic carbocycles. The summed E-state index contributed by atoms with van der Waals surface area (Å²) < 4.78 is 37.3. The zero-order valence-electron chi connectivity index (χ0n) is 16.3. The van der Waals surface area contributed by atoms with E-state index in [1.54, 1.807) is 10.3 Å². The van der Waals surface area contributed by atoms with Gasteiger partial charge >= 0.3 is 12.1 Å². The Kier molecular flexibility index (Phi) is 6.31. The van der Waals surface area contributed by atoms with Crippen molar-refractivity contribution in [2.24, 2.45) is 5.92 Å². The second-order valence-electron chi connectivity index (χ2n) is 7.51. The molecule has 0 N–H and O–H groups in total. The highest BCUT2D eigenvalue weighted by Gasteiger charge is 2.41. The van der Waals surface area contributed by atoms with Gasteiger partial charge in [0.2, 0.25) is 10.0 Å². The fraction of sp³-hybridized carbons (Fsp3) is 0.667. The molecule has 8 nitrogen and oxygen atoms in total. The second-order valence-corrected chi connectivity index (χ2v) is 10.3. The van der Waals surface area contributed by atoms with Gasteiger partial charge in [-0.1, -0.05) is 13.8 Å². The zero-order chi connectivity index (χ0) is 20.5. The van der Waals surface area contributed by atoms with E-state index in [4.69, 9.17) is 4.74 Å². The minimum atomic E-state index is -3.79. The molecular formula is C18H26N2O6S2. The number of methoxy groups -OCH3 is 1. The summed E-state index contributed by atoms with van der Waals surface area (Å²) in [5.41, 5.74) is 0. The van der Waals surface area contributed by atoms with Gasteiger partial charge in [0, 0.05) is 19.1 Å². The largest absolute Gasteiger partial charge is 0.465 e. The number of thiophene rings is 1. The van der Waals surface area contributed by atoms with Crippen LogP contribution in [0.3, 0.4) is 0 Å². The molecule has 2 aliphatic rings. The van der Waals surface area contributed by atoms with Crippen LogP contribution in [-0.2, 0) is 19.5 Å². The Morgan fingerprint density at radius 2 is 2.04 bits per heavy atom. The lowest BCUT2D eigenvalue weighted by Crippen LogP contribution is -2.50. The van der Waals surface area contributed by atoms with Crippen LogP contribution in [0.1, 0.15) is 42.8 Å². The summed E-state index contributed by atoms with van der Waals surface area (Å²) in [5, 5.41) is 1.57. The first-order chi connectivity index (χ1) is 13.3. The molecule has 156 valence electrons. The fourth-order valence-corrected chi connectivity index (χ4v) is 6.66. The number of ether oxygens (including phenoxy) is 2. The molecule has 0 bridgehead atoms. The molecule has 0 saturated carbocycles. The van der Waals surface area contributed by atoms with Crippen LogP contribution < -0.4 is 0 Å². The molecule has 3 heterocycles. The molecule has 0 spiro atoms. The molecule has 1 aromatic rings. The fourth-order valence-electron chi connectivity index (χ4n) is 3.89. The highest BCUT2D eigenvalue weighted by molar-refractivity contribution is 7.89. The highest BCUT2D eigenvalue weighted by atomic mass is 32.2. The average molecular weight is 431 g/mol. The van der Waals surface area contributed by atoms with E-state index >= 15 is 0 Å². The molecule has 1 amide bonds. The van der Waals surface area contributed by atoms with Crippen LogP contribution in [0, 0.1) is 5.92 Å². The Morgan fingerprint density at radius 1 is 1.36 bits per heavy atom. The number of rotatable bonds is 6. The predicted molar refractivity (Wildman–Crippen MR) is 104 cm³/mol. The van der Waals surface area contributed by atoms with Crippen molar-refractivity contribution in [3.05, 3.63) is 16.3 Å². The maximum atomic E-state index is 13.0. The number of hydrogen-bond acceptors (Lipinski definition) is 7. The third kappa shape index (κ3) is 4.04. The number of hydrogen-bond donors (Lipinski definition) is 0. The molecule has 0 radical (unpaired) electrons. The van der Waals surface area contributed by atoms with Crippen molar-refractivity contribution in [2.45, 2.75) is 50.1 Å². The molecule has 28 heavy (non-hydrogen) atoms. The number of sulfonamides is 1. The van der Waals surface area contributed by atoms with Gasteiger partial charge in [-0.05, 0) is 36.6 Å². The van der Waals surface area contributed by atoms with Crippen LogP contribution in [0.4, 0.5) is 4.79 Å². The first-order valence-corrected chi connectivity index (χ1v) is 11.7. The summed E-state index contributed by atoms with van der Waals surface area (Å²) >= 11 is 1.05. The van der Waals surface area contributed by atoms with Gasteiger partial charge in [-0.15, -0.1) is 11.3 Å². The molecule has 2 fully saturated rings. The summed E-state index contributed by atoms with van der Waals surface area (Å²) in [7, 11) is -2.56. The van der Waals surface area contributed by atoms with Gasteiger partial charge < -0.3 is 9.47 Å². The monoisotopic (exact) mass is 430 g/mol. The Morgan fingerprint density at radius 3 is 2.64 bits per heavy atom. The second kappa shape index (κ2) is 8.38. The first-order valence-electron chi connectivity index (χ1n) is 9.36. The summed E-state index contributed by atoms with van der Waals surface area (Å²) in [6.45, 7) is 5.20. The van der Waals surface area contributed by atoms with Gasteiger partial charge in [0.25, 0.3) is 0 Å². The van der Waals surface area contributed by atoms with Crippen LogP contribution in [0.25, 0.3) is 0 Å². The van der Waals surface area contributed by atoms with Crippen molar-refractivity contribution in [1.29, 1.82) is 0 Å². The normalized spacial score (nSPS) is 21.9. The summed E-state index contributed by atoms with van der Waals surface area (Å²) in [6.07, 6.45) is 1.64. The van der Waals surface area contributed by atoms with Gasteiger partial charge in [0.1, 0.15) is 16.4 Å². The van der Waals surface area contributed by atoms with Crippen LogP contribution >= 0.6 is 11.3 Å². The number of carbonyl (C=O) groups excluding carboxylic acids is 2. The molecule has 10 heteroatoms. The Hall–Kier alpha value is -1.65. The molecule has 3 rings (SSSR count). The van der Waals surface area contributed by atoms with Gasteiger partial charge in [0.05, 0.1) is 13.2 Å². The van der Waals surface area contributed by atoms with Crippen molar-refractivity contribution < 1.29 is 27.5 Å². The maximum absolute atomic E-state index is 13.0. The van der Waals surface area contributed by atoms with Crippen LogP contribution in [0.5, 0.6) is 0 Å². The van der Waals surface area contributed by atoms with E-state index in [-0.39, 0.29) is 27.9 Å². The highest BCUT2D eigenvalue weighted by Crippen LogP contribution is 2.31. The summed E-state index contributed by atoms with van der Waals surface area (Å²) in [6, 6.07) is 1.45. The average Bonchev–Trinajstić information content (AvgIpc) is 3.28. The first kappa shape index (κ1) is 21.1. The topological polar surface area (TPSA) is 93.2 Å². The number of piperidine rings is 1. The summed E-state index contributed by atoms with van der Waals surface area (Å²) in [4.78, 5) is 25.9. The van der Waals surface area contributed by atoms with E-state index in [0.29, 0.717) is 38.5 Å². The number of cyclic esters (lactones) is 1. The third-order valence-electron chi connectivity index (χ3n) is 5.18. The molecular weight excluding hydrogens is 404 g/mol. The third-order valence-corrected chi connectivity index (χ3v) is 8.15. The standard InChI is InChI=1S/C18H26N2O6S2/c1-12(2)10-14-11-26-18(22)20(14)13-4-7-19(8-5-13)28(23,24)15-6-9-27-16(15)17(21)25-3/h6,9,12-14H,4-5,7-8,10-11H2,1-3H3. The Balaban J connectivity index is 1.70. The predicted octanol–water partition coefficient (Wildman–Crippen LogP) is 2.55. The number of esters is 1. The lowest BCUT2D eigenvalue weighted by atomic mass is 9.99. The number of amides is 1. The minimum absolute atomic E-state index is 0.0129. The molecule has 1 aromatic heterocycles. The van der Waals surface area contributed by atoms with Gasteiger partial charge in [-0.25, -0.2) is 18.0 Å². The summed E-state index contributed by atoms with van der Waals surface area (Å²) in [5.74, 6) is -0.211. The maximum Gasteiger partial charge on any atom is 0.410 e. The van der Waals surface area contributed by atoms with Crippen molar-refractivity contribution >= 4 is 33.4 Å². The smallest absolute Gasteiger partial charge is 0.410 e. The van der Waals surface area contributed by atoms with Crippen LogP contribution in [0.2, 0.25) is 0 Å². The lowest BCUT2D eigenvalue weighted by molar-refractivity contribution is 0.0601. The van der Waals surface area contributed by atoms with Gasteiger partial charge in [-0.3, -0.25) is 4.90 Å². The molecule has 1 unspecified atom stereocenters. The van der Waals surface area contributed by atoms with E-state index in [0.717, 1.165) is 17.8 Å². The van der Waals surface area contributed by atoms with Crippen molar-refractivity contribution in [1.82, 2.24) is 9.21 Å². The Bertz CT molecular complexity index is 827. The van der Waals surface area contributed by atoms with Crippen LogP contribution in [0.15, 0.2) is 16.3 Å². The van der Waals surface area contributed by atoms with Gasteiger partial charge in [-0.2, -0.15) is 4.31 Å². The minimum Gasteiger partial charge on any atom is -0.465 e. The van der Waals surface area contributed by atoms with E-state index in [1.165, 1.54) is 17.5 Å². The van der Waals surface area contributed by atoms with E-state index in [9.17, 15) is 18.0 Å². The van der Waals surface area contributed by atoms with E-state index in [2.05, 4.69) is 18.6 Å². The number of nitrogens with zero attached hydrogens (tertiary/aromatic N) is 2. The molecule has 2 aliphatic heterocycles.